The molecular weight excluding hydrogens is 330 g/mol. The lowest BCUT2D eigenvalue weighted by Gasteiger charge is -2.26. The number of aliphatic hydroxyl groups excluding tert-OH is 3. The normalized spacial score (nSPS) is 25.6. The van der Waals surface area contributed by atoms with Crippen LogP contribution >= 0.6 is 0 Å². The molecule has 0 saturated carbocycles. The molecule has 0 radical (unpaired) electrons. The van der Waals surface area contributed by atoms with Crippen molar-refractivity contribution in [2.45, 2.75) is 24.2 Å². The number of esters is 2. The van der Waals surface area contributed by atoms with Crippen molar-refractivity contribution < 1.29 is 34.4 Å². The first-order chi connectivity index (χ1) is 12.0. The van der Waals surface area contributed by atoms with Gasteiger partial charge in [-0.2, -0.15) is 0 Å². The predicted molar refractivity (Wildman–Crippen MR) is 85.5 cm³/mol. The molecule has 134 valence electrons. The third-order valence-electron chi connectivity index (χ3n) is 4.57. The minimum Gasteiger partial charge on any atom is -0.468 e. The molecule has 4 N–H and O–H groups in total. The topological polar surface area (TPSA) is 129 Å². The molecular formula is C17H19NO7. The molecule has 8 nitrogen and oxygen atoms in total. The molecule has 3 rings (SSSR count). The fourth-order valence-corrected chi connectivity index (χ4v) is 3.32. The van der Waals surface area contributed by atoms with Crippen molar-refractivity contribution in [3.8, 4) is 0 Å². The van der Waals surface area contributed by atoms with Crippen LogP contribution in [0.15, 0.2) is 30.5 Å². The Morgan fingerprint density at radius 3 is 2.76 bits per heavy atom. The van der Waals surface area contributed by atoms with Gasteiger partial charge < -0.3 is 29.8 Å². The second kappa shape index (κ2) is 6.83. The number of hydrogen-bond acceptors (Lipinski definition) is 7. The number of cyclic esters (lactones) is 1. The molecule has 1 aliphatic rings. The van der Waals surface area contributed by atoms with E-state index in [4.69, 9.17) is 14.6 Å². The number of carbonyl (C=O) groups excluding carboxylic acids is 2. The number of hydrogen-bond donors (Lipinski definition) is 4. The van der Waals surface area contributed by atoms with E-state index in [1.54, 1.807) is 12.3 Å². The van der Waals surface area contributed by atoms with Crippen molar-refractivity contribution in [3.05, 3.63) is 36.0 Å². The van der Waals surface area contributed by atoms with E-state index < -0.39 is 48.7 Å². The van der Waals surface area contributed by atoms with Gasteiger partial charge in [-0.05, 0) is 11.6 Å². The number of aliphatic hydroxyl groups is 3. The van der Waals surface area contributed by atoms with Crippen molar-refractivity contribution in [2.24, 2.45) is 5.92 Å². The lowest BCUT2D eigenvalue weighted by molar-refractivity contribution is -0.157. The van der Waals surface area contributed by atoms with Gasteiger partial charge >= 0.3 is 11.9 Å². The Morgan fingerprint density at radius 1 is 1.36 bits per heavy atom. The summed E-state index contributed by atoms with van der Waals surface area (Å²) in [7, 11) is 1.16. The number of para-hydroxylation sites is 1. The van der Waals surface area contributed by atoms with Gasteiger partial charge in [0, 0.05) is 23.0 Å². The molecule has 8 heteroatoms. The largest absolute Gasteiger partial charge is 0.468 e. The lowest BCUT2D eigenvalue weighted by Crippen LogP contribution is -2.42. The number of benzene rings is 1. The summed E-state index contributed by atoms with van der Waals surface area (Å²) in [6.45, 7) is -0.710. The van der Waals surface area contributed by atoms with Gasteiger partial charge in [0.05, 0.1) is 13.7 Å². The zero-order valence-corrected chi connectivity index (χ0v) is 13.5. The summed E-state index contributed by atoms with van der Waals surface area (Å²) >= 11 is 0. The van der Waals surface area contributed by atoms with Crippen LogP contribution in [0.5, 0.6) is 0 Å². The summed E-state index contributed by atoms with van der Waals surface area (Å²) in [5.41, 5.74) is 1.38. The Balaban J connectivity index is 2.10. The van der Waals surface area contributed by atoms with Crippen LogP contribution < -0.4 is 0 Å². The average molecular weight is 349 g/mol. The molecule has 0 unspecified atom stereocenters. The van der Waals surface area contributed by atoms with E-state index >= 15 is 0 Å². The molecule has 2 heterocycles. The molecule has 1 saturated heterocycles. The Labute approximate surface area is 143 Å². The van der Waals surface area contributed by atoms with E-state index in [1.165, 1.54) is 0 Å². The molecule has 1 fully saturated rings. The maximum absolute atomic E-state index is 12.3. The maximum atomic E-state index is 12.3. The standard InChI is InChI=1S/C17H19NO7/c1-24-16(22)13-12(9-6-18-10-5-3-2-4-8(9)10)15(25-17(13)23)14(21)11(20)7-19/h2-6,11-15,18-21H,7H2,1H3/t11-,12+,13-,14-,15-/m0/s1. The highest BCUT2D eigenvalue weighted by Crippen LogP contribution is 2.42. The molecule has 0 bridgehead atoms. The molecule has 0 amide bonds. The summed E-state index contributed by atoms with van der Waals surface area (Å²) in [5, 5.41) is 29.9. The van der Waals surface area contributed by atoms with Gasteiger partial charge in [-0.3, -0.25) is 9.59 Å². The molecule has 25 heavy (non-hydrogen) atoms. The number of H-pyrrole nitrogens is 1. The van der Waals surface area contributed by atoms with Crippen LogP contribution in [0.3, 0.4) is 0 Å². The first-order valence-corrected chi connectivity index (χ1v) is 7.81. The Kier molecular flexibility index (Phi) is 4.76. The van der Waals surface area contributed by atoms with Gasteiger partial charge in [0.1, 0.15) is 18.3 Å². The summed E-state index contributed by atoms with van der Waals surface area (Å²) in [6, 6.07) is 7.28. The Bertz CT molecular complexity index is 786. The summed E-state index contributed by atoms with van der Waals surface area (Å²) in [6.07, 6.45) is -2.62. The zero-order chi connectivity index (χ0) is 18.1. The van der Waals surface area contributed by atoms with E-state index in [2.05, 4.69) is 4.98 Å². The number of carbonyl (C=O) groups is 2. The number of methoxy groups -OCH3 is 1. The summed E-state index contributed by atoms with van der Waals surface area (Å²) in [5.74, 6) is -3.76. The Hall–Kier alpha value is -2.42. The van der Waals surface area contributed by atoms with Crippen LogP contribution in [0.1, 0.15) is 11.5 Å². The molecule has 1 aromatic heterocycles. The highest BCUT2D eigenvalue weighted by Gasteiger charge is 2.54. The first kappa shape index (κ1) is 17.4. The van der Waals surface area contributed by atoms with Gasteiger partial charge in [-0.1, -0.05) is 18.2 Å². The number of aromatic amines is 1. The van der Waals surface area contributed by atoms with Crippen molar-refractivity contribution in [1.82, 2.24) is 4.98 Å². The average Bonchev–Trinajstić information content (AvgIpc) is 3.20. The van der Waals surface area contributed by atoms with Crippen molar-refractivity contribution in [1.29, 1.82) is 0 Å². The number of fused-ring (bicyclic) bond motifs is 1. The molecule has 2 aromatic rings. The minimum absolute atomic E-state index is 0.589. The predicted octanol–water partition coefficient (Wildman–Crippen LogP) is -0.320. The van der Waals surface area contributed by atoms with E-state index in [9.17, 15) is 19.8 Å². The number of ether oxygens (including phenoxy) is 2. The Morgan fingerprint density at radius 2 is 2.08 bits per heavy atom. The zero-order valence-electron chi connectivity index (χ0n) is 13.5. The highest BCUT2D eigenvalue weighted by molar-refractivity contribution is 5.99. The quantitative estimate of drug-likeness (QED) is 0.430. The van der Waals surface area contributed by atoms with Crippen molar-refractivity contribution in [2.75, 3.05) is 13.7 Å². The van der Waals surface area contributed by atoms with E-state index in [0.717, 1.165) is 18.0 Å². The molecule has 0 spiro atoms. The number of aromatic nitrogens is 1. The van der Waals surface area contributed by atoms with Gasteiger partial charge in [0.25, 0.3) is 0 Å². The van der Waals surface area contributed by atoms with E-state index in [1.807, 2.05) is 18.2 Å². The van der Waals surface area contributed by atoms with Crippen LogP contribution in [0.4, 0.5) is 0 Å². The first-order valence-electron chi connectivity index (χ1n) is 7.81. The van der Waals surface area contributed by atoms with E-state index in [-0.39, 0.29) is 0 Å². The molecule has 1 aliphatic heterocycles. The third kappa shape index (κ3) is 2.88. The van der Waals surface area contributed by atoms with Crippen molar-refractivity contribution >= 4 is 22.8 Å². The lowest BCUT2D eigenvalue weighted by atomic mass is 9.81. The summed E-state index contributed by atoms with van der Waals surface area (Å²) in [4.78, 5) is 27.4. The molecule has 0 aliphatic carbocycles. The molecule has 1 aromatic carbocycles. The number of rotatable bonds is 5. The summed E-state index contributed by atoms with van der Waals surface area (Å²) < 4.78 is 9.91. The maximum Gasteiger partial charge on any atom is 0.321 e. The van der Waals surface area contributed by atoms with Gasteiger partial charge in [0.15, 0.2) is 5.92 Å². The minimum atomic E-state index is -1.55. The second-order valence-corrected chi connectivity index (χ2v) is 5.96. The van der Waals surface area contributed by atoms with Crippen LogP contribution in [0.2, 0.25) is 0 Å². The third-order valence-corrected chi connectivity index (χ3v) is 4.57. The SMILES string of the molecule is COC(=O)[C@H]1C(=O)O[C@H]([C@@H](O)[C@@H](O)CO)[C@@H]1c1c[nH]c2ccccc12. The monoisotopic (exact) mass is 349 g/mol. The van der Waals surface area contributed by atoms with Crippen LogP contribution in [-0.2, 0) is 19.1 Å². The fraction of sp³-hybridized carbons (Fsp3) is 0.412. The van der Waals surface area contributed by atoms with Crippen molar-refractivity contribution in [3.63, 3.8) is 0 Å². The number of nitrogens with one attached hydrogen (secondary N) is 1. The second-order valence-electron chi connectivity index (χ2n) is 5.96. The van der Waals surface area contributed by atoms with Crippen LogP contribution in [0, 0.1) is 5.92 Å². The fourth-order valence-electron chi connectivity index (χ4n) is 3.32. The van der Waals surface area contributed by atoms with Crippen LogP contribution in [-0.4, -0.2) is 64.3 Å². The van der Waals surface area contributed by atoms with Gasteiger partial charge in [0.2, 0.25) is 0 Å². The van der Waals surface area contributed by atoms with Gasteiger partial charge in [-0.25, -0.2) is 0 Å². The molecule has 5 atom stereocenters. The van der Waals surface area contributed by atoms with Gasteiger partial charge in [-0.15, -0.1) is 0 Å². The van der Waals surface area contributed by atoms with Crippen LogP contribution in [0.25, 0.3) is 10.9 Å². The smallest absolute Gasteiger partial charge is 0.321 e. The van der Waals surface area contributed by atoms with E-state index in [0.29, 0.717) is 5.56 Å². The highest BCUT2D eigenvalue weighted by atomic mass is 16.6.